The van der Waals surface area contributed by atoms with Crippen molar-refractivity contribution in [1.82, 2.24) is 4.90 Å². The number of rotatable bonds is 3. The molecule has 0 bridgehead atoms. The van der Waals surface area contributed by atoms with E-state index >= 15 is 0 Å². The van der Waals surface area contributed by atoms with E-state index in [0.29, 0.717) is 6.04 Å². The number of fused-ring (bicyclic) bond motifs is 1. The molecule has 0 radical (unpaired) electrons. The first-order chi connectivity index (χ1) is 10.1. The largest absolute Gasteiger partial charge is 0.480 e. The molecule has 4 heteroatoms. The van der Waals surface area contributed by atoms with Gasteiger partial charge in [0, 0.05) is 22.3 Å². The molecule has 2 aliphatic rings. The van der Waals surface area contributed by atoms with Crippen LogP contribution in [0.15, 0.2) is 6.07 Å². The third-order valence-electron chi connectivity index (χ3n) is 5.29. The molecule has 1 aromatic rings. The predicted molar refractivity (Wildman–Crippen MR) is 85.7 cm³/mol. The van der Waals surface area contributed by atoms with Crippen molar-refractivity contribution in [3.8, 4) is 0 Å². The van der Waals surface area contributed by atoms with Gasteiger partial charge >= 0.3 is 5.97 Å². The third kappa shape index (κ3) is 3.02. The first-order valence-corrected chi connectivity index (χ1v) is 8.92. The van der Waals surface area contributed by atoms with Crippen molar-refractivity contribution >= 4 is 17.3 Å². The summed E-state index contributed by atoms with van der Waals surface area (Å²) >= 11 is 1.82. The second-order valence-electron chi connectivity index (χ2n) is 6.65. The number of aryl methyl sites for hydroxylation is 2. The number of carboxylic acid groups (broad SMARTS) is 1. The van der Waals surface area contributed by atoms with Crippen molar-refractivity contribution < 1.29 is 9.90 Å². The van der Waals surface area contributed by atoms with E-state index in [4.69, 9.17) is 0 Å². The Kier molecular flexibility index (Phi) is 4.36. The maximum absolute atomic E-state index is 11.7. The minimum atomic E-state index is -0.636. The second-order valence-corrected chi connectivity index (χ2v) is 8.11. The Balaban J connectivity index is 1.85. The molecule has 1 aliphatic carbocycles. The molecule has 3 nitrogen and oxygen atoms in total. The monoisotopic (exact) mass is 307 g/mol. The van der Waals surface area contributed by atoms with Crippen molar-refractivity contribution in [3.63, 3.8) is 0 Å². The molecule has 1 aliphatic heterocycles. The summed E-state index contributed by atoms with van der Waals surface area (Å²) in [5, 5.41) is 9.61. The number of aliphatic carboxylic acids is 1. The van der Waals surface area contributed by atoms with E-state index in [9.17, 15) is 9.90 Å². The van der Waals surface area contributed by atoms with E-state index in [-0.39, 0.29) is 6.04 Å². The Bertz CT molecular complexity index is 525. The lowest BCUT2D eigenvalue weighted by atomic mass is 9.76. The lowest BCUT2D eigenvalue weighted by Crippen LogP contribution is -2.54. The van der Waals surface area contributed by atoms with Gasteiger partial charge in [-0.2, -0.15) is 0 Å². The fourth-order valence-corrected chi connectivity index (χ4v) is 5.20. The molecule has 3 atom stereocenters. The molecule has 2 heterocycles. The van der Waals surface area contributed by atoms with Gasteiger partial charge in [0.1, 0.15) is 6.04 Å². The molecule has 2 fully saturated rings. The molecule has 3 rings (SSSR count). The van der Waals surface area contributed by atoms with Crippen LogP contribution in [0.2, 0.25) is 0 Å². The summed E-state index contributed by atoms with van der Waals surface area (Å²) in [6.07, 6.45) is 6.96. The number of hydrogen-bond donors (Lipinski definition) is 1. The average molecular weight is 307 g/mol. The number of carbonyl (C=O) groups is 1. The van der Waals surface area contributed by atoms with E-state index < -0.39 is 5.97 Å². The van der Waals surface area contributed by atoms with Crippen LogP contribution in [-0.2, 0) is 11.3 Å². The molecule has 1 aromatic heterocycles. The highest BCUT2D eigenvalue weighted by molar-refractivity contribution is 7.12. The van der Waals surface area contributed by atoms with Crippen LogP contribution in [0.1, 0.15) is 53.8 Å². The van der Waals surface area contributed by atoms with E-state index in [1.54, 1.807) is 0 Å². The van der Waals surface area contributed by atoms with Gasteiger partial charge in [-0.3, -0.25) is 9.69 Å². The van der Waals surface area contributed by atoms with Crippen molar-refractivity contribution in [2.24, 2.45) is 5.92 Å². The Labute approximate surface area is 131 Å². The number of hydrogen-bond acceptors (Lipinski definition) is 3. The zero-order chi connectivity index (χ0) is 15.0. The van der Waals surface area contributed by atoms with Crippen molar-refractivity contribution in [1.29, 1.82) is 0 Å². The smallest absolute Gasteiger partial charge is 0.320 e. The summed E-state index contributed by atoms with van der Waals surface area (Å²) < 4.78 is 0. The zero-order valence-corrected chi connectivity index (χ0v) is 13.8. The minimum Gasteiger partial charge on any atom is -0.480 e. The standard InChI is InChI=1S/C17H25NO2S/c1-11-9-14(12(2)21-11)10-18-15-6-4-3-5-13(15)7-8-16(18)17(19)20/h9,13,15-16H,3-8,10H2,1-2H3,(H,19,20). The summed E-state index contributed by atoms with van der Waals surface area (Å²) in [6, 6.07) is 2.43. The maximum atomic E-state index is 11.7. The highest BCUT2D eigenvalue weighted by atomic mass is 32.1. The van der Waals surface area contributed by atoms with Gasteiger partial charge in [-0.15, -0.1) is 11.3 Å². The summed E-state index contributed by atoms with van der Waals surface area (Å²) in [5.41, 5.74) is 1.33. The molecule has 116 valence electrons. The fraction of sp³-hybridized carbons (Fsp3) is 0.706. The van der Waals surface area contributed by atoms with Crippen molar-refractivity contribution in [3.05, 3.63) is 21.4 Å². The quantitative estimate of drug-likeness (QED) is 0.918. The van der Waals surface area contributed by atoms with Crippen LogP contribution in [0.3, 0.4) is 0 Å². The minimum absolute atomic E-state index is 0.288. The molecule has 3 unspecified atom stereocenters. The van der Waals surface area contributed by atoms with Crippen LogP contribution >= 0.6 is 11.3 Å². The van der Waals surface area contributed by atoms with Gasteiger partial charge in [0.15, 0.2) is 0 Å². The first-order valence-electron chi connectivity index (χ1n) is 8.10. The van der Waals surface area contributed by atoms with Gasteiger partial charge in [-0.25, -0.2) is 0 Å². The van der Waals surface area contributed by atoms with E-state index in [1.165, 1.54) is 41.0 Å². The molecule has 21 heavy (non-hydrogen) atoms. The first kappa shape index (κ1) is 15.0. The number of thiophene rings is 1. The highest BCUT2D eigenvalue weighted by Crippen LogP contribution is 2.39. The SMILES string of the molecule is Cc1cc(CN2C(C(=O)O)CCC3CCCCC32)c(C)s1. The number of nitrogens with zero attached hydrogens (tertiary/aromatic N) is 1. The van der Waals surface area contributed by atoms with Crippen molar-refractivity contribution in [2.75, 3.05) is 0 Å². The molecule has 1 saturated heterocycles. The molecular formula is C17H25NO2S. The van der Waals surface area contributed by atoms with Gasteiger partial charge in [-0.1, -0.05) is 12.8 Å². The molecule has 0 amide bonds. The van der Waals surface area contributed by atoms with E-state index in [1.807, 2.05) is 11.3 Å². The summed E-state index contributed by atoms with van der Waals surface area (Å²) in [4.78, 5) is 16.7. The normalized spacial score (nSPS) is 30.1. The fourth-order valence-electron chi connectivity index (χ4n) is 4.26. The van der Waals surface area contributed by atoms with Crippen LogP contribution in [0.25, 0.3) is 0 Å². The molecular weight excluding hydrogens is 282 g/mol. The van der Waals surface area contributed by atoms with Crippen LogP contribution < -0.4 is 0 Å². The maximum Gasteiger partial charge on any atom is 0.320 e. The van der Waals surface area contributed by atoms with Crippen molar-refractivity contribution in [2.45, 2.75) is 71.0 Å². The molecule has 0 aromatic carbocycles. The van der Waals surface area contributed by atoms with Gasteiger partial charge in [0.25, 0.3) is 0 Å². The topological polar surface area (TPSA) is 40.5 Å². The van der Waals surface area contributed by atoms with E-state index in [0.717, 1.165) is 25.3 Å². The Morgan fingerprint density at radius 3 is 2.71 bits per heavy atom. The van der Waals surface area contributed by atoms with Gasteiger partial charge in [0.2, 0.25) is 0 Å². The lowest BCUT2D eigenvalue weighted by molar-refractivity contribution is -0.148. The van der Waals surface area contributed by atoms with Gasteiger partial charge in [0.05, 0.1) is 0 Å². The van der Waals surface area contributed by atoms with Gasteiger partial charge < -0.3 is 5.11 Å². The van der Waals surface area contributed by atoms with Crippen LogP contribution in [0, 0.1) is 19.8 Å². The second kappa shape index (κ2) is 6.09. The molecule has 1 saturated carbocycles. The van der Waals surface area contributed by atoms with Crippen LogP contribution in [-0.4, -0.2) is 28.1 Å². The number of likely N-dealkylation sites (tertiary alicyclic amines) is 1. The Hall–Kier alpha value is -0.870. The summed E-state index contributed by atoms with van der Waals surface area (Å²) in [6.45, 7) is 5.11. The average Bonchev–Trinajstić information content (AvgIpc) is 2.77. The summed E-state index contributed by atoms with van der Waals surface area (Å²) in [7, 11) is 0. The van der Waals surface area contributed by atoms with Crippen LogP contribution in [0.4, 0.5) is 0 Å². The number of piperidine rings is 1. The summed E-state index contributed by atoms with van der Waals surface area (Å²) in [5.74, 6) is 0.0815. The zero-order valence-electron chi connectivity index (χ0n) is 13.0. The third-order valence-corrected chi connectivity index (χ3v) is 6.30. The van der Waals surface area contributed by atoms with E-state index in [2.05, 4.69) is 24.8 Å². The highest BCUT2D eigenvalue weighted by Gasteiger charge is 2.41. The lowest BCUT2D eigenvalue weighted by Gasteiger charge is -2.47. The molecule has 0 spiro atoms. The van der Waals surface area contributed by atoms with Gasteiger partial charge in [-0.05, 0) is 57.1 Å². The predicted octanol–water partition coefficient (Wildman–Crippen LogP) is 3.97. The number of carboxylic acids is 1. The Morgan fingerprint density at radius 1 is 1.29 bits per heavy atom. The molecule has 1 N–H and O–H groups in total. The van der Waals surface area contributed by atoms with Crippen LogP contribution in [0.5, 0.6) is 0 Å². The Morgan fingerprint density at radius 2 is 2.05 bits per heavy atom.